The van der Waals surface area contributed by atoms with Crippen LogP contribution in [0, 0.1) is 12.3 Å². The first-order valence-corrected chi connectivity index (χ1v) is 5.38. The van der Waals surface area contributed by atoms with E-state index >= 15 is 0 Å². The molecule has 0 saturated heterocycles. The summed E-state index contributed by atoms with van der Waals surface area (Å²) in [5.41, 5.74) is 5.56. The number of amides is 1. The van der Waals surface area contributed by atoms with Gasteiger partial charge >= 0.3 is 0 Å². The zero-order valence-corrected chi connectivity index (χ0v) is 10.4. The van der Waals surface area contributed by atoms with Crippen molar-refractivity contribution < 1.29 is 9.21 Å². The van der Waals surface area contributed by atoms with Crippen LogP contribution in [0.25, 0.3) is 0 Å². The van der Waals surface area contributed by atoms with Crippen molar-refractivity contribution in [3.8, 4) is 0 Å². The Bertz CT molecular complexity index is 369. The van der Waals surface area contributed by atoms with Crippen molar-refractivity contribution in [2.45, 2.75) is 20.8 Å². The van der Waals surface area contributed by atoms with E-state index in [0.717, 1.165) is 5.76 Å². The molecule has 4 nitrogen and oxygen atoms in total. The van der Waals surface area contributed by atoms with Gasteiger partial charge in [-0.1, -0.05) is 13.8 Å². The smallest absolute Gasteiger partial charge is 0.289 e. The number of aryl methyl sites for hydroxylation is 1. The maximum Gasteiger partial charge on any atom is 0.289 e. The lowest BCUT2D eigenvalue weighted by atomic mass is 9.93. The third-order valence-electron chi connectivity index (χ3n) is 2.52. The lowest BCUT2D eigenvalue weighted by molar-refractivity contribution is 0.0707. The number of nitrogens with two attached hydrogens (primary N) is 1. The summed E-state index contributed by atoms with van der Waals surface area (Å²) >= 11 is 0. The molecule has 0 spiro atoms. The van der Waals surface area contributed by atoms with Crippen molar-refractivity contribution in [2.75, 3.05) is 20.1 Å². The third-order valence-corrected chi connectivity index (χ3v) is 2.52. The van der Waals surface area contributed by atoms with E-state index in [1.165, 1.54) is 0 Å². The van der Waals surface area contributed by atoms with E-state index in [4.69, 9.17) is 10.2 Å². The first-order valence-electron chi connectivity index (χ1n) is 5.38. The minimum Gasteiger partial charge on any atom is -0.456 e. The van der Waals surface area contributed by atoms with Crippen LogP contribution in [-0.2, 0) is 0 Å². The molecule has 0 aromatic carbocycles. The molecule has 0 aliphatic heterocycles. The van der Waals surface area contributed by atoms with E-state index in [9.17, 15) is 4.79 Å². The van der Waals surface area contributed by atoms with Gasteiger partial charge in [-0.05, 0) is 31.0 Å². The zero-order chi connectivity index (χ0) is 12.3. The summed E-state index contributed by atoms with van der Waals surface area (Å²) < 4.78 is 5.29. The van der Waals surface area contributed by atoms with Gasteiger partial charge in [0.1, 0.15) is 5.76 Å². The monoisotopic (exact) mass is 224 g/mol. The van der Waals surface area contributed by atoms with Gasteiger partial charge in [-0.15, -0.1) is 0 Å². The molecule has 0 fully saturated rings. The van der Waals surface area contributed by atoms with E-state index in [2.05, 4.69) is 0 Å². The van der Waals surface area contributed by atoms with E-state index in [1.54, 1.807) is 24.1 Å². The highest BCUT2D eigenvalue weighted by Gasteiger charge is 2.23. The van der Waals surface area contributed by atoms with E-state index in [1.807, 2.05) is 20.8 Å². The fraction of sp³-hybridized carbons (Fsp3) is 0.583. The molecule has 0 aliphatic rings. The van der Waals surface area contributed by atoms with Crippen LogP contribution in [0.15, 0.2) is 16.5 Å². The second kappa shape index (κ2) is 4.70. The molecule has 90 valence electrons. The molecule has 0 atom stereocenters. The normalized spacial score (nSPS) is 11.6. The molecule has 1 aromatic heterocycles. The predicted octanol–water partition coefficient (Wildman–Crippen LogP) is 1.64. The highest BCUT2D eigenvalue weighted by Crippen LogP contribution is 2.16. The Morgan fingerprint density at radius 3 is 2.56 bits per heavy atom. The van der Waals surface area contributed by atoms with Crippen LogP contribution in [0.3, 0.4) is 0 Å². The van der Waals surface area contributed by atoms with E-state index in [-0.39, 0.29) is 11.3 Å². The van der Waals surface area contributed by atoms with Crippen LogP contribution in [0.2, 0.25) is 0 Å². The Kier molecular flexibility index (Phi) is 3.75. The molecule has 16 heavy (non-hydrogen) atoms. The molecule has 4 heteroatoms. The van der Waals surface area contributed by atoms with E-state index < -0.39 is 0 Å². The third kappa shape index (κ3) is 3.10. The molecule has 0 radical (unpaired) electrons. The standard InChI is InChI=1S/C12H20N2O2/c1-9-5-6-10(16-9)11(15)14(4)8-12(2,3)7-13/h5-6H,7-8,13H2,1-4H3. The van der Waals surface area contributed by atoms with Gasteiger partial charge in [-0.3, -0.25) is 4.79 Å². The van der Waals surface area contributed by atoms with Crippen LogP contribution in [0.1, 0.15) is 30.2 Å². The summed E-state index contributed by atoms with van der Waals surface area (Å²) in [5.74, 6) is 1.03. The zero-order valence-electron chi connectivity index (χ0n) is 10.4. The highest BCUT2D eigenvalue weighted by atomic mass is 16.3. The van der Waals surface area contributed by atoms with Crippen LogP contribution >= 0.6 is 0 Å². The Balaban J connectivity index is 2.68. The van der Waals surface area contributed by atoms with Crippen molar-refractivity contribution in [3.05, 3.63) is 23.7 Å². The number of rotatable bonds is 4. The predicted molar refractivity (Wildman–Crippen MR) is 63.2 cm³/mol. The Morgan fingerprint density at radius 2 is 2.12 bits per heavy atom. The summed E-state index contributed by atoms with van der Waals surface area (Å²) in [6, 6.07) is 3.48. The summed E-state index contributed by atoms with van der Waals surface area (Å²) in [7, 11) is 1.76. The van der Waals surface area contributed by atoms with Gasteiger partial charge in [-0.25, -0.2) is 0 Å². The van der Waals surface area contributed by atoms with Gasteiger partial charge < -0.3 is 15.1 Å². The van der Waals surface area contributed by atoms with Crippen molar-refractivity contribution in [1.82, 2.24) is 4.90 Å². The van der Waals surface area contributed by atoms with Crippen LogP contribution < -0.4 is 5.73 Å². The molecule has 0 unspecified atom stereocenters. The summed E-state index contributed by atoms with van der Waals surface area (Å²) in [4.78, 5) is 13.6. The molecule has 2 N–H and O–H groups in total. The van der Waals surface area contributed by atoms with Crippen molar-refractivity contribution in [1.29, 1.82) is 0 Å². The van der Waals surface area contributed by atoms with Gasteiger partial charge in [0.25, 0.3) is 5.91 Å². The fourth-order valence-corrected chi connectivity index (χ4v) is 1.52. The maximum absolute atomic E-state index is 11.9. The van der Waals surface area contributed by atoms with Crippen molar-refractivity contribution in [3.63, 3.8) is 0 Å². The largest absolute Gasteiger partial charge is 0.456 e. The summed E-state index contributed by atoms with van der Waals surface area (Å²) in [6.45, 7) is 7.04. The average Bonchev–Trinajstić information content (AvgIpc) is 2.63. The first-order chi connectivity index (χ1) is 7.35. The quantitative estimate of drug-likeness (QED) is 0.845. The SMILES string of the molecule is Cc1ccc(C(=O)N(C)CC(C)(C)CN)o1. The number of nitrogens with zero attached hydrogens (tertiary/aromatic N) is 1. The molecule has 0 aliphatic carbocycles. The number of furan rings is 1. The first kappa shape index (κ1) is 12.8. The minimum absolute atomic E-state index is 0.0773. The van der Waals surface area contributed by atoms with Crippen LogP contribution in [0.4, 0.5) is 0 Å². The second-order valence-electron chi connectivity index (χ2n) is 4.94. The number of carbonyl (C=O) groups is 1. The summed E-state index contributed by atoms with van der Waals surface area (Å²) in [5, 5.41) is 0. The molecule has 1 amide bonds. The number of hydrogen-bond acceptors (Lipinski definition) is 3. The van der Waals surface area contributed by atoms with Crippen molar-refractivity contribution in [2.24, 2.45) is 11.1 Å². The Morgan fingerprint density at radius 1 is 1.50 bits per heavy atom. The number of hydrogen-bond donors (Lipinski definition) is 1. The average molecular weight is 224 g/mol. The number of carbonyl (C=O) groups excluding carboxylic acids is 1. The topological polar surface area (TPSA) is 59.5 Å². The van der Waals surface area contributed by atoms with Crippen LogP contribution in [0.5, 0.6) is 0 Å². The van der Waals surface area contributed by atoms with Gasteiger partial charge in [0, 0.05) is 13.6 Å². The molecule has 1 heterocycles. The van der Waals surface area contributed by atoms with Gasteiger partial charge in [0.05, 0.1) is 0 Å². The molecule has 0 bridgehead atoms. The molecular weight excluding hydrogens is 204 g/mol. The van der Waals surface area contributed by atoms with Crippen LogP contribution in [-0.4, -0.2) is 30.9 Å². The lowest BCUT2D eigenvalue weighted by Crippen LogP contribution is -2.39. The molecular formula is C12H20N2O2. The molecule has 0 saturated carbocycles. The lowest BCUT2D eigenvalue weighted by Gasteiger charge is -2.28. The Hall–Kier alpha value is -1.29. The van der Waals surface area contributed by atoms with Gasteiger partial charge in [0.2, 0.25) is 0 Å². The van der Waals surface area contributed by atoms with E-state index in [0.29, 0.717) is 18.8 Å². The molecule has 1 aromatic rings. The highest BCUT2D eigenvalue weighted by molar-refractivity contribution is 5.91. The van der Waals surface area contributed by atoms with Gasteiger partial charge in [-0.2, -0.15) is 0 Å². The van der Waals surface area contributed by atoms with Gasteiger partial charge in [0.15, 0.2) is 5.76 Å². The summed E-state index contributed by atoms with van der Waals surface area (Å²) in [6.07, 6.45) is 0. The second-order valence-corrected chi connectivity index (χ2v) is 4.94. The Labute approximate surface area is 96.4 Å². The molecule has 1 rings (SSSR count). The minimum atomic E-state index is -0.102. The maximum atomic E-state index is 11.9. The fourth-order valence-electron chi connectivity index (χ4n) is 1.52. The van der Waals surface area contributed by atoms with Crippen molar-refractivity contribution >= 4 is 5.91 Å².